The Balaban J connectivity index is 4.09. The maximum atomic E-state index is 10.8. The van der Waals surface area contributed by atoms with Crippen molar-refractivity contribution in [3.05, 3.63) is 0 Å². The molecule has 0 heterocycles. The van der Waals surface area contributed by atoms with E-state index in [0.29, 0.717) is 12.5 Å². The quantitative estimate of drug-likeness (QED) is 0.673. The van der Waals surface area contributed by atoms with Crippen LogP contribution in [0.15, 0.2) is 0 Å². The summed E-state index contributed by atoms with van der Waals surface area (Å²) in [7, 11) is 2.02. The van der Waals surface area contributed by atoms with Crippen LogP contribution >= 0.6 is 0 Å². The van der Waals surface area contributed by atoms with Crippen molar-refractivity contribution >= 4 is 5.97 Å². The first-order valence-electron chi connectivity index (χ1n) is 5.57. The average molecular weight is 216 g/mol. The molecule has 0 amide bonds. The Morgan fingerprint density at radius 2 is 1.93 bits per heavy atom. The van der Waals surface area contributed by atoms with E-state index in [4.69, 9.17) is 10.8 Å². The molecule has 0 aliphatic heterocycles. The summed E-state index contributed by atoms with van der Waals surface area (Å²) >= 11 is 0. The van der Waals surface area contributed by atoms with Crippen LogP contribution in [0.1, 0.15) is 40.0 Å². The SMILES string of the molecule is CCC(CC)N(C)CCC(C)(N)C(=O)O. The number of nitrogens with zero attached hydrogens (tertiary/aromatic N) is 1. The predicted molar refractivity (Wildman–Crippen MR) is 61.8 cm³/mol. The third kappa shape index (κ3) is 4.62. The van der Waals surface area contributed by atoms with E-state index in [9.17, 15) is 4.79 Å². The summed E-state index contributed by atoms with van der Waals surface area (Å²) in [5.74, 6) is -0.930. The molecule has 4 nitrogen and oxygen atoms in total. The van der Waals surface area contributed by atoms with Crippen molar-refractivity contribution < 1.29 is 9.90 Å². The first-order chi connectivity index (χ1) is 6.85. The fourth-order valence-electron chi connectivity index (χ4n) is 1.61. The second-order valence-electron chi connectivity index (χ2n) is 4.42. The highest BCUT2D eigenvalue weighted by Gasteiger charge is 2.28. The molecule has 0 aliphatic carbocycles. The van der Waals surface area contributed by atoms with Gasteiger partial charge in [0, 0.05) is 12.6 Å². The molecule has 0 saturated heterocycles. The van der Waals surface area contributed by atoms with Crippen molar-refractivity contribution in [3.8, 4) is 0 Å². The number of nitrogens with two attached hydrogens (primary N) is 1. The average Bonchev–Trinajstić information content (AvgIpc) is 2.16. The molecule has 0 fully saturated rings. The third-order valence-corrected chi connectivity index (χ3v) is 3.04. The van der Waals surface area contributed by atoms with Crippen LogP contribution in [0.2, 0.25) is 0 Å². The van der Waals surface area contributed by atoms with E-state index in [-0.39, 0.29) is 0 Å². The van der Waals surface area contributed by atoms with E-state index in [1.54, 1.807) is 6.92 Å². The molecular formula is C11H24N2O2. The maximum absolute atomic E-state index is 10.8. The maximum Gasteiger partial charge on any atom is 0.323 e. The molecule has 0 aromatic rings. The van der Waals surface area contributed by atoms with Gasteiger partial charge >= 0.3 is 5.97 Å². The van der Waals surface area contributed by atoms with Crippen molar-refractivity contribution in [2.45, 2.75) is 51.6 Å². The van der Waals surface area contributed by atoms with Crippen molar-refractivity contribution in [1.82, 2.24) is 4.90 Å². The van der Waals surface area contributed by atoms with Gasteiger partial charge in [0.1, 0.15) is 5.54 Å². The highest BCUT2D eigenvalue weighted by molar-refractivity contribution is 5.77. The summed E-state index contributed by atoms with van der Waals surface area (Å²) in [4.78, 5) is 13.0. The van der Waals surface area contributed by atoms with Gasteiger partial charge in [0.05, 0.1) is 0 Å². The zero-order valence-corrected chi connectivity index (χ0v) is 10.3. The highest BCUT2D eigenvalue weighted by Crippen LogP contribution is 2.11. The first-order valence-corrected chi connectivity index (χ1v) is 5.57. The lowest BCUT2D eigenvalue weighted by Gasteiger charge is -2.29. The molecule has 1 unspecified atom stereocenters. The smallest absolute Gasteiger partial charge is 0.323 e. The van der Waals surface area contributed by atoms with Gasteiger partial charge in [0.25, 0.3) is 0 Å². The number of carbonyl (C=O) groups is 1. The molecule has 15 heavy (non-hydrogen) atoms. The first kappa shape index (κ1) is 14.4. The largest absolute Gasteiger partial charge is 0.480 e. The summed E-state index contributed by atoms with van der Waals surface area (Å²) < 4.78 is 0. The number of carboxylic acids is 1. The van der Waals surface area contributed by atoms with Gasteiger partial charge in [0.15, 0.2) is 0 Å². The molecule has 0 aromatic carbocycles. The second kappa shape index (κ2) is 6.08. The summed E-state index contributed by atoms with van der Waals surface area (Å²) in [6.45, 7) is 6.58. The fraction of sp³-hybridized carbons (Fsp3) is 0.909. The molecule has 4 heteroatoms. The van der Waals surface area contributed by atoms with Gasteiger partial charge in [0.2, 0.25) is 0 Å². The van der Waals surface area contributed by atoms with Crippen molar-refractivity contribution in [3.63, 3.8) is 0 Å². The number of hydrogen-bond donors (Lipinski definition) is 2. The van der Waals surface area contributed by atoms with Gasteiger partial charge in [-0.15, -0.1) is 0 Å². The van der Waals surface area contributed by atoms with Crippen LogP contribution < -0.4 is 5.73 Å². The summed E-state index contributed by atoms with van der Waals surface area (Å²) in [5.41, 5.74) is 4.55. The Morgan fingerprint density at radius 3 is 2.27 bits per heavy atom. The fourth-order valence-corrected chi connectivity index (χ4v) is 1.61. The molecule has 0 rings (SSSR count). The number of hydrogen-bond acceptors (Lipinski definition) is 3. The minimum atomic E-state index is -1.11. The Morgan fingerprint density at radius 1 is 1.47 bits per heavy atom. The molecule has 0 bridgehead atoms. The van der Waals surface area contributed by atoms with Gasteiger partial charge in [-0.25, -0.2) is 0 Å². The molecule has 1 atom stereocenters. The zero-order chi connectivity index (χ0) is 12.1. The van der Waals surface area contributed by atoms with Gasteiger partial charge in [-0.1, -0.05) is 13.8 Å². The highest BCUT2D eigenvalue weighted by atomic mass is 16.4. The molecule has 90 valence electrons. The van der Waals surface area contributed by atoms with Gasteiger partial charge in [-0.3, -0.25) is 4.79 Å². The van der Waals surface area contributed by atoms with E-state index in [1.165, 1.54) is 0 Å². The van der Waals surface area contributed by atoms with Crippen LogP contribution in [0, 0.1) is 0 Å². The Bertz CT molecular complexity index is 201. The minimum absolute atomic E-state index is 0.481. The van der Waals surface area contributed by atoms with Crippen LogP contribution in [-0.4, -0.2) is 41.1 Å². The van der Waals surface area contributed by atoms with Crippen molar-refractivity contribution in [1.29, 1.82) is 0 Å². The van der Waals surface area contributed by atoms with Gasteiger partial charge < -0.3 is 15.7 Å². The van der Waals surface area contributed by atoms with Gasteiger partial charge in [-0.05, 0) is 33.2 Å². The Labute approximate surface area is 92.4 Å². The Kier molecular flexibility index (Phi) is 5.83. The topological polar surface area (TPSA) is 66.6 Å². The van der Waals surface area contributed by atoms with E-state index >= 15 is 0 Å². The van der Waals surface area contributed by atoms with Crippen LogP contribution in [0.3, 0.4) is 0 Å². The third-order valence-electron chi connectivity index (χ3n) is 3.04. The monoisotopic (exact) mass is 216 g/mol. The summed E-state index contributed by atoms with van der Waals surface area (Å²) in [6, 6.07) is 0.523. The van der Waals surface area contributed by atoms with Crippen molar-refractivity contribution in [2.24, 2.45) is 5.73 Å². The number of aliphatic carboxylic acids is 1. The van der Waals surface area contributed by atoms with E-state index in [2.05, 4.69) is 18.7 Å². The second-order valence-corrected chi connectivity index (χ2v) is 4.42. The van der Waals surface area contributed by atoms with Crippen LogP contribution in [-0.2, 0) is 4.79 Å². The molecule has 0 radical (unpaired) electrons. The molecular weight excluding hydrogens is 192 g/mol. The zero-order valence-electron chi connectivity index (χ0n) is 10.3. The number of rotatable bonds is 7. The molecule has 0 saturated carbocycles. The molecule has 0 aliphatic rings. The molecule has 0 spiro atoms. The normalized spacial score (nSPS) is 15.7. The summed E-state index contributed by atoms with van der Waals surface area (Å²) in [5, 5.41) is 8.86. The Hall–Kier alpha value is -0.610. The van der Waals surface area contributed by atoms with Crippen LogP contribution in [0.4, 0.5) is 0 Å². The summed E-state index contributed by atoms with van der Waals surface area (Å²) in [6.07, 6.45) is 2.65. The van der Waals surface area contributed by atoms with Crippen LogP contribution in [0.5, 0.6) is 0 Å². The lowest BCUT2D eigenvalue weighted by atomic mass is 9.99. The van der Waals surface area contributed by atoms with E-state index < -0.39 is 11.5 Å². The number of carboxylic acid groups (broad SMARTS) is 1. The lowest BCUT2D eigenvalue weighted by molar-refractivity contribution is -0.143. The predicted octanol–water partition coefficient (Wildman–Crippen LogP) is 1.30. The van der Waals surface area contributed by atoms with E-state index in [0.717, 1.165) is 19.4 Å². The van der Waals surface area contributed by atoms with Crippen LogP contribution in [0.25, 0.3) is 0 Å². The molecule has 0 aromatic heterocycles. The van der Waals surface area contributed by atoms with E-state index in [1.807, 2.05) is 7.05 Å². The van der Waals surface area contributed by atoms with Gasteiger partial charge in [-0.2, -0.15) is 0 Å². The standard InChI is InChI=1S/C11H24N2O2/c1-5-9(6-2)13(4)8-7-11(3,12)10(14)15/h9H,5-8,12H2,1-4H3,(H,14,15). The molecule has 3 N–H and O–H groups in total. The minimum Gasteiger partial charge on any atom is -0.480 e. The van der Waals surface area contributed by atoms with Crippen molar-refractivity contribution in [2.75, 3.05) is 13.6 Å². The lowest BCUT2D eigenvalue weighted by Crippen LogP contribution is -2.47.